The molecule has 0 unspecified atom stereocenters. The van der Waals surface area contributed by atoms with E-state index in [2.05, 4.69) is 10.3 Å². The summed E-state index contributed by atoms with van der Waals surface area (Å²) >= 11 is 0. The molecule has 6 nitrogen and oxygen atoms in total. The summed E-state index contributed by atoms with van der Waals surface area (Å²) in [4.78, 5) is 30.0. The average Bonchev–Trinajstić information content (AvgIpc) is 3.18. The molecule has 0 bridgehead atoms. The van der Waals surface area contributed by atoms with Gasteiger partial charge in [0.05, 0.1) is 18.3 Å². The SMILES string of the molecule is O=C(NC[C@H]1CO[C@@H]2CN(C(=O)C3(F)CCC3)C[C@H]12)c1cccnc1. The Morgan fingerprint density at radius 1 is 1.40 bits per heavy atom. The molecule has 0 spiro atoms. The zero-order valence-corrected chi connectivity index (χ0v) is 14.0. The third-order valence-electron chi connectivity index (χ3n) is 5.70. The Morgan fingerprint density at radius 3 is 2.92 bits per heavy atom. The van der Waals surface area contributed by atoms with Crippen LogP contribution in [0.2, 0.25) is 0 Å². The van der Waals surface area contributed by atoms with Gasteiger partial charge in [0.15, 0.2) is 5.67 Å². The molecule has 1 aromatic heterocycles. The zero-order chi connectivity index (χ0) is 17.4. The van der Waals surface area contributed by atoms with Crippen LogP contribution in [-0.4, -0.2) is 59.7 Å². The smallest absolute Gasteiger partial charge is 0.260 e. The maximum Gasteiger partial charge on any atom is 0.260 e. The van der Waals surface area contributed by atoms with Gasteiger partial charge in [-0.15, -0.1) is 0 Å². The summed E-state index contributed by atoms with van der Waals surface area (Å²) in [6, 6.07) is 3.43. The molecule has 25 heavy (non-hydrogen) atoms. The molecule has 3 heterocycles. The molecule has 7 heteroatoms. The minimum Gasteiger partial charge on any atom is -0.376 e. The number of carbonyl (C=O) groups is 2. The number of nitrogens with zero attached hydrogens (tertiary/aromatic N) is 2. The lowest BCUT2D eigenvalue weighted by molar-refractivity contribution is -0.149. The lowest BCUT2D eigenvalue weighted by atomic mass is 9.81. The Labute approximate surface area is 145 Å². The number of amides is 2. The molecule has 1 aliphatic carbocycles. The number of hydrogen-bond donors (Lipinski definition) is 1. The predicted octanol–water partition coefficient (Wildman–Crippen LogP) is 1.18. The first-order chi connectivity index (χ1) is 12.1. The van der Waals surface area contributed by atoms with Gasteiger partial charge in [0.25, 0.3) is 11.8 Å². The van der Waals surface area contributed by atoms with E-state index in [4.69, 9.17) is 4.74 Å². The number of likely N-dealkylation sites (tertiary alicyclic amines) is 1. The van der Waals surface area contributed by atoms with Gasteiger partial charge in [0.1, 0.15) is 0 Å². The van der Waals surface area contributed by atoms with E-state index in [1.165, 1.54) is 6.20 Å². The van der Waals surface area contributed by atoms with Crippen molar-refractivity contribution in [2.45, 2.75) is 31.0 Å². The van der Waals surface area contributed by atoms with Crippen LogP contribution < -0.4 is 5.32 Å². The second kappa shape index (κ2) is 6.37. The summed E-state index contributed by atoms with van der Waals surface area (Å²) in [5.41, 5.74) is -1.13. The molecule has 2 aliphatic heterocycles. The minimum absolute atomic E-state index is 0.0482. The van der Waals surface area contributed by atoms with Crippen molar-refractivity contribution in [2.75, 3.05) is 26.2 Å². The van der Waals surface area contributed by atoms with Gasteiger partial charge >= 0.3 is 0 Å². The Kier molecular flexibility index (Phi) is 4.19. The molecule has 2 amide bonds. The van der Waals surface area contributed by atoms with Gasteiger partial charge in [0.2, 0.25) is 0 Å². The van der Waals surface area contributed by atoms with E-state index in [0.29, 0.717) is 44.6 Å². The highest BCUT2D eigenvalue weighted by Gasteiger charge is 2.52. The van der Waals surface area contributed by atoms with Crippen LogP contribution in [-0.2, 0) is 9.53 Å². The molecule has 1 saturated carbocycles. The fraction of sp³-hybridized carbons (Fsp3) is 0.611. The van der Waals surface area contributed by atoms with E-state index < -0.39 is 5.67 Å². The maximum absolute atomic E-state index is 14.4. The fourth-order valence-corrected chi connectivity index (χ4v) is 3.98. The van der Waals surface area contributed by atoms with Crippen molar-refractivity contribution in [1.29, 1.82) is 0 Å². The summed E-state index contributed by atoms with van der Waals surface area (Å²) in [5, 5.41) is 2.91. The Balaban J connectivity index is 1.33. The van der Waals surface area contributed by atoms with Gasteiger partial charge in [0, 0.05) is 43.9 Å². The molecule has 0 aromatic carbocycles. The second-order valence-electron chi connectivity index (χ2n) is 7.28. The fourth-order valence-electron chi connectivity index (χ4n) is 3.98. The van der Waals surface area contributed by atoms with Crippen LogP contribution in [0.5, 0.6) is 0 Å². The first-order valence-corrected chi connectivity index (χ1v) is 8.85. The maximum atomic E-state index is 14.4. The average molecular weight is 347 g/mol. The van der Waals surface area contributed by atoms with E-state index >= 15 is 0 Å². The molecule has 2 saturated heterocycles. The lowest BCUT2D eigenvalue weighted by Crippen LogP contribution is -2.50. The number of halogens is 1. The van der Waals surface area contributed by atoms with Crippen LogP contribution in [0.15, 0.2) is 24.5 Å². The molecule has 1 N–H and O–H groups in total. The van der Waals surface area contributed by atoms with Gasteiger partial charge in [-0.1, -0.05) is 0 Å². The quantitative estimate of drug-likeness (QED) is 0.888. The van der Waals surface area contributed by atoms with E-state index in [1.54, 1.807) is 23.2 Å². The second-order valence-corrected chi connectivity index (χ2v) is 7.28. The van der Waals surface area contributed by atoms with Crippen LogP contribution in [0.3, 0.4) is 0 Å². The van der Waals surface area contributed by atoms with Gasteiger partial charge in [-0.05, 0) is 31.4 Å². The Morgan fingerprint density at radius 2 is 2.24 bits per heavy atom. The normalized spacial score (nSPS) is 29.8. The Hall–Kier alpha value is -2.02. The van der Waals surface area contributed by atoms with Crippen molar-refractivity contribution in [3.05, 3.63) is 30.1 Å². The van der Waals surface area contributed by atoms with Crippen LogP contribution in [0.1, 0.15) is 29.6 Å². The highest BCUT2D eigenvalue weighted by Crippen LogP contribution is 2.40. The number of hydrogen-bond acceptors (Lipinski definition) is 4. The molecular formula is C18H22FN3O3. The predicted molar refractivity (Wildman–Crippen MR) is 87.6 cm³/mol. The number of carbonyl (C=O) groups excluding carboxylic acids is 2. The molecule has 3 fully saturated rings. The monoisotopic (exact) mass is 347 g/mol. The Bertz CT molecular complexity index is 665. The number of alkyl halides is 1. The van der Waals surface area contributed by atoms with Gasteiger partial charge in [-0.3, -0.25) is 14.6 Å². The van der Waals surface area contributed by atoms with Crippen molar-refractivity contribution < 1.29 is 18.7 Å². The molecule has 0 radical (unpaired) electrons. The number of nitrogens with one attached hydrogen (secondary N) is 1. The first kappa shape index (κ1) is 16.4. The summed E-state index contributed by atoms with van der Waals surface area (Å²) < 4.78 is 20.2. The summed E-state index contributed by atoms with van der Waals surface area (Å²) in [6.45, 7) is 2.02. The molecule has 4 rings (SSSR count). The van der Waals surface area contributed by atoms with Gasteiger partial charge in [-0.2, -0.15) is 0 Å². The van der Waals surface area contributed by atoms with E-state index in [1.807, 2.05) is 0 Å². The van der Waals surface area contributed by atoms with Crippen molar-refractivity contribution >= 4 is 11.8 Å². The van der Waals surface area contributed by atoms with Crippen LogP contribution in [0.4, 0.5) is 4.39 Å². The number of aromatic nitrogens is 1. The number of pyridine rings is 1. The lowest BCUT2D eigenvalue weighted by Gasteiger charge is -2.35. The third kappa shape index (κ3) is 3.01. The number of rotatable bonds is 4. The minimum atomic E-state index is -1.65. The third-order valence-corrected chi connectivity index (χ3v) is 5.70. The summed E-state index contributed by atoms with van der Waals surface area (Å²) in [5.74, 6) is -0.253. The largest absolute Gasteiger partial charge is 0.376 e. The first-order valence-electron chi connectivity index (χ1n) is 8.85. The molecule has 134 valence electrons. The zero-order valence-electron chi connectivity index (χ0n) is 14.0. The van der Waals surface area contributed by atoms with Crippen LogP contribution in [0, 0.1) is 11.8 Å². The summed E-state index contributed by atoms with van der Waals surface area (Å²) in [6.07, 6.45) is 4.55. The standard InChI is InChI=1S/C18H22FN3O3/c19-18(4-2-5-18)17(24)22-9-14-13(11-25-15(14)10-22)8-21-16(23)12-3-1-6-20-7-12/h1,3,6-7,13-15H,2,4-5,8-11H2,(H,21,23)/t13-,14+,15+/m0/s1. The van der Waals surface area contributed by atoms with E-state index in [0.717, 1.165) is 6.42 Å². The van der Waals surface area contributed by atoms with Crippen molar-refractivity contribution in [3.63, 3.8) is 0 Å². The van der Waals surface area contributed by atoms with Gasteiger partial charge in [-0.25, -0.2) is 4.39 Å². The van der Waals surface area contributed by atoms with E-state index in [9.17, 15) is 14.0 Å². The van der Waals surface area contributed by atoms with Gasteiger partial charge < -0.3 is 15.0 Å². The topological polar surface area (TPSA) is 71.5 Å². The molecule has 1 aromatic rings. The highest BCUT2D eigenvalue weighted by atomic mass is 19.1. The van der Waals surface area contributed by atoms with Crippen molar-refractivity contribution in [2.24, 2.45) is 11.8 Å². The van der Waals surface area contributed by atoms with E-state index in [-0.39, 0.29) is 29.8 Å². The van der Waals surface area contributed by atoms with Crippen molar-refractivity contribution in [3.8, 4) is 0 Å². The molecular weight excluding hydrogens is 325 g/mol. The van der Waals surface area contributed by atoms with Crippen molar-refractivity contribution in [1.82, 2.24) is 15.2 Å². The molecule has 3 aliphatic rings. The molecule has 3 atom stereocenters. The number of fused-ring (bicyclic) bond motifs is 1. The number of ether oxygens (including phenoxy) is 1. The van der Waals surface area contributed by atoms with Crippen LogP contribution in [0.25, 0.3) is 0 Å². The van der Waals surface area contributed by atoms with Crippen LogP contribution >= 0.6 is 0 Å². The summed E-state index contributed by atoms with van der Waals surface area (Å²) in [7, 11) is 0. The highest BCUT2D eigenvalue weighted by molar-refractivity contribution is 5.93.